The Balaban J connectivity index is 5.65. The predicted molar refractivity (Wildman–Crippen MR) is 31.6 cm³/mol. The van der Waals surface area contributed by atoms with Gasteiger partial charge in [0.2, 0.25) is 11.7 Å². The van der Waals surface area contributed by atoms with Gasteiger partial charge in [-0.2, -0.15) is 48.3 Å². The van der Waals surface area contributed by atoms with E-state index in [1.165, 1.54) is 0 Å². The summed E-state index contributed by atoms with van der Waals surface area (Å²) in [6, 6.07) is 0. The molecule has 0 rings (SSSR count). The van der Waals surface area contributed by atoms with E-state index in [2.05, 4.69) is 0 Å². The van der Waals surface area contributed by atoms with Gasteiger partial charge in [-0.25, -0.2) is 0 Å². The van der Waals surface area contributed by atoms with Crippen molar-refractivity contribution in [1.82, 2.24) is 0 Å². The van der Waals surface area contributed by atoms with Crippen LogP contribution >= 0.6 is 0 Å². The van der Waals surface area contributed by atoms with Gasteiger partial charge in [-0.15, -0.1) is 0 Å². The van der Waals surface area contributed by atoms with Gasteiger partial charge in [0.15, 0.2) is 0 Å². The Bertz CT molecular complexity index is 304. The van der Waals surface area contributed by atoms with Crippen LogP contribution in [0.15, 0.2) is 0 Å². The minimum absolute atomic E-state index is 4.31. The van der Waals surface area contributed by atoms with E-state index in [1.807, 2.05) is 0 Å². The summed E-state index contributed by atoms with van der Waals surface area (Å²) in [5.41, 5.74) is 0. The predicted octanol–water partition coefficient (Wildman–Crippen LogP) is 3.49. The quantitative estimate of drug-likeness (QED) is 0.713. The molecule has 0 atom stereocenters. The standard InChI is InChI=1S/C6HF11O/c7-3(8,6(15,16)17)2(18)1(4(9,10)11)5(12,13)14/h1H. The number of carbonyl (C=O) groups is 1. The van der Waals surface area contributed by atoms with Gasteiger partial charge in [0, 0.05) is 0 Å². The number of ketones is 1. The normalized spacial score (nSPS) is 15.1. The zero-order valence-electron chi connectivity index (χ0n) is 7.64. The molecule has 0 N–H and O–H groups in total. The van der Waals surface area contributed by atoms with Crippen molar-refractivity contribution in [2.75, 3.05) is 0 Å². The number of alkyl halides is 11. The number of carbonyl (C=O) groups excluding carboxylic acids is 1. The highest BCUT2D eigenvalue weighted by molar-refractivity contribution is 5.90. The number of rotatable bonds is 2. The summed E-state index contributed by atoms with van der Waals surface area (Å²) in [5.74, 6) is -16.5. The summed E-state index contributed by atoms with van der Waals surface area (Å²) in [5, 5.41) is 0. The van der Waals surface area contributed by atoms with Gasteiger partial charge in [0.25, 0.3) is 0 Å². The number of hydrogen-bond donors (Lipinski definition) is 0. The maximum Gasteiger partial charge on any atom is 0.461 e. The molecule has 0 saturated heterocycles. The van der Waals surface area contributed by atoms with Crippen LogP contribution in [0.1, 0.15) is 0 Å². The van der Waals surface area contributed by atoms with Crippen molar-refractivity contribution in [3.05, 3.63) is 0 Å². The van der Waals surface area contributed by atoms with Crippen LogP contribution in [0.5, 0.6) is 0 Å². The summed E-state index contributed by atoms with van der Waals surface area (Å²) >= 11 is 0. The molecular weight excluding hydrogens is 297 g/mol. The van der Waals surface area contributed by atoms with Crippen molar-refractivity contribution in [2.45, 2.75) is 24.5 Å². The molecule has 0 fully saturated rings. The third-order valence-electron chi connectivity index (χ3n) is 1.58. The highest BCUT2D eigenvalue weighted by atomic mass is 19.4. The lowest BCUT2D eigenvalue weighted by Crippen LogP contribution is -2.54. The van der Waals surface area contributed by atoms with Crippen LogP contribution in [0, 0.1) is 5.92 Å². The van der Waals surface area contributed by atoms with Crippen molar-refractivity contribution in [3.8, 4) is 0 Å². The minimum atomic E-state index is -6.85. The Morgan fingerprint density at radius 1 is 0.667 bits per heavy atom. The average Bonchev–Trinajstić information content (AvgIpc) is 1.95. The first kappa shape index (κ1) is 16.9. The molecule has 0 aromatic rings. The van der Waals surface area contributed by atoms with Crippen LogP contribution in [0.2, 0.25) is 0 Å². The van der Waals surface area contributed by atoms with Gasteiger partial charge in [-0.05, 0) is 0 Å². The van der Waals surface area contributed by atoms with Gasteiger partial charge in [0.1, 0.15) is 0 Å². The Morgan fingerprint density at radius 3 is 1.11 bits per heavy atom. The maximum absolute atomic E-state index is 12.2. The topological polar surface area (TPSA) is 17.1 Å². The van der Waals surface area contributed by atoms with Crippen molar-refractivity contribution >= 4 is 5.78 Å². The molecule has 1 nitrogen and oxygen atoms in total. The summed E-state index contributed by atoms with van der Waals surface area (Å²) in [6.07, 6.45) is -20.1. The van der Waals surface area contributed by atoms with E-state index >= 15 is 0 Å². The third kappa shape index (κ3) is 3.22. The van der Waals surface area contributed by atoms with E-state index in [0.717, 1.165) is 0 Å². The third-order valence-corrected chi connectivity index (χ3v) is 1.58. The van der Waals surface area contributed by atoms with Crippen LogP contribution in [0.4, 0.5) is 48.3 Å². The van der Waals surface area contributed by atoms with Gasteiger partial charge in [-0.3, -0.25) is 4.79 Å². The molecule has 0 saturated carbocycles. The molecule has 0 unspecified atom stereocenters. The van der Waals surface area contributed by atoms with E-state index in [1.54, 1.807) is 0 Å². The second-order valence-corrected chi connectivity index (χ2v) is 2.95. The van der Waals surface area contributed by atoms with Crippen LogP contribution in [-0.4, -0.2) is 30.2 Å². The fraction of sp³-hybridized carbons (Fsp3) is 0.833. The molecule has 0 aliphatic carbocycles. The number of halogens is 11. The monoisotopic (exact) mass is 298 g/mol. The molecule has 12 heteroatoms. The van der Waals surface area contributed by atoms with E-state index < -0.39 is 36.2 Å². The molecule has 0 radical (unpaired) electrons. The fourth-order valence-electron chi connectivity index (χ4n) is 0.804. The minimum Gasteiger partial charge on any atom is -0.291 e. The second kappa shape index (κ2) is 4.23. The molecule has 0 aliphatic heterocycles. The molecule has 0 amide bonds. The van der Waals surface area contributed by atoms with E-state index in [0.29, 0.717) is 0 Å². The van der Waals surface area contributed by atoms with Gasteiger partial charge in [0.05, 0.1) is 0 Å². The molecule has 0 aromatic carbocycles. The first-order valence-corrected chi connectivity index (χ1v) is 3.65. The zero-order valence-corrected chi connectivity index (χ0v) is 7.64. The van der Waals surface area contributed by atoms with Crippen molar-refractivity contribution < 1.29 is 53.1 Å². The Labute approximate surface area is 90.5 Å². The molecule has 0 aliphatic rings. The van der Waals surface area contributed by atoms with Gasteiger partial charge >= 0.3 is 24.5 Å². The van der Waals surface area contributed by atoms with Gasteiger partial charge < -0.3 is 0 Å². The number of hydrogen-bond acceptors (Lipinski definition) is 1. The SMILES string of the molecule is O=C(C(C(F)(F)F)C(F)(F)F)C(F)(F)C(F)(F)F. The largest absolute Gasteiger partial charge is 0.461 e. The fourth-order valence-corrected chi connectivity index (χ4v) is 0.804. The molecule has 0 spiro atoms. The van der Waals surface area contributed by atoms with Crippen LogP contribution < -0.4 is 0 Å². The smallest absolute Gasteiger partial charge is 0.291 e. The zero-order chi connectivity index (χ0) is 15.2. The summed E-state index contributed by atoms with van der Waals surface area (Å²) in [6.45, 7) is 0. The number of Topliss-reactive ketones (excluding diaryl/α,β-unsaturated/α-hetero) is 1. The average molecular weight is 298 g/mol. The molecule has 0 bridgehead atoms. The van der Waals surface area contributed by atoms with Crippen molar-refractivity contribution in [3.63, 3.8) is 0 Å². The lowest BCUT2D eigenvalue weighted by molar-refractivity contribution is -0.303. The molecular formula is C6HF11O. The van der Waals surface area contributed by atoms with Crippen LogP contribution in [0.3, 0.4) is 0 Å². The molecule has 0 aromatic heterocycles. The summed E-state index contributed by atoms with van der Waals surface area (Å²) in [4.78, 5) is 10.2. The highest BCUT2D eigenvalue weighted by Gasteiger charge is 2.73. The lowest BCUT2D eigenvalue weighted by atomic mass is 9.97. The van der Waals surface area contributed by atoms with E-state index in [9.17, 15) is 53.1 Å². The van der Waals surface area contributed by atoms with Crippen molar-refractivity contribution in [2.24, 2.45) is 5.92 Å². The van der Waals surface area contributed by atoms with E-state index in [4.69, 9.17) is 0 Å². The van der Waals surface area contributed by atoms with Crippen molar-refractivity contribution in [1.29, 1.82) is 0 Å². The highest BCUT2D eigenvalue weighted by Crippen LogP contribution is 2.46. The molecule has 18 heavy (non-hydrogen) atoms. The first-order chi connectivity index (χ1) is 7.53. The van der Waals surface area contributed by atoms with E-state index in [-0.39, 0.29) is 0 Å². The first-order valence-electron chi connectivity index (χ1n) is 3.65. The second-order valence-electron chi connectivity index (χ2n) is 2.95. The Morgan fingerprint density at radius 2 is 0.944 bits per heavy atom. The molecule has 108 valence electrons. The van der Waals surface area contributed by atoms with Crippen LogP contribution in [0.25, 0.3) is 0 Å². The summed E-state index contributed by atoms with van der Waals surface area (Å²) < 4.78 is 129. The Kier molecular flexibility index (Phi) is 3.97. The van der Waals surface area contributed by atoms with Crippen LogP contribution in [-0.2, 0) is 4.79 Å². The summed E-state index contributed by atoms with van der Waals surface area (Å²) in [7, 11) is 0. The van der Waals surface area contributed by atoms with Gasteiger partial charge in [-0.1, -0.05) is 0 Å². The lowest BCUT2D eigenvalue weighted by Gasteiger charge is -2.26. The maximum atomic E-state index is 12.2. The molecule has 0 heterocycles. The Hall–Kier alpha value is -1.10.